The lowest BCUT2D eigenvalue weighted by molar-refractivity contribution is 0.538. The fourth-order valence-corrected chi connectivity index (χ4v) is 3.99. The van der Waals surface area contributed by atoms with E-state index in [0.29, 0.717) is 11.5 Å². The first kappa shape index (κ1) is 19.0. The van der Waals surface area contributed by atoms with Crippen molar-refractivity contribution in [1.82, 2.24) is 19.9 Å². The maximum Gasteiger partial charge on any atom is 0.224 e. The van der Waals surface area contributed by atoms with Gasteiger partial charge in [0, 0.05) is 17.1 Å². The summed E-state index contributed by atoms with van der Waals surface area (Å²) < 4.78 is 0. The molecule has 0 fully saturated rings. The number of imidazole rings is 1. The molecule has 0 bridgehead atoms. The van der Waals surface area contributed by atoms with Crippen LogP contribution in [-0.2, 0) is 0 Å². The molecular weight excluding hydrogens is 388 g/mol. The molecule has 2 aromatic carbocycles. The molecule has 3 heterocycles. The van der Waals surface area contributed by atoms with Gasteiger partial charge < -0.3 is 20.9 Å². The Hall–Kier alpha value is -3.94. The zero-order chi connectivity index (χ0) is 21.4. The largest absolute Gasteiger partial charge is 0.368 e. The predicted molar refractivity (Wildman–Crippen MR) is 123 cm³/mol. The summed E-state index contributed by atoms with van der Waals surface area (Å²) in [5.41, 5.74) is 9.47. The molecule has 0 saturated carbocycles. The molecule has 1 aliphatic rings. The van der Waals surface area contributed by atoms with Gasteiger partial charge in [-0.2, -0.15) is 9.97 Å². The summed E-state index contributed by atoms with van der Waals surface area (Å²) in [6.07, 6.45) is 4.45. The van der Waals surface area contributed by atoms with E-state index in [1.54, 1.807) is 6.33 Å². The minimum absolute atomic E-state index is 0.0362. The lowest BCUT2D eigenvalue weighted by atomic mass is 10.1. The van der Waals surface area contributed by atoms with Crippen LogP contribution in [0.5, 0.6) is 0 Å². The molecule has 0 radical (unpaired) electrons. The molecule has 4 aromatic rings. The number of para-hydroxylation sites is 1. The monoisotopic (exact) mass is 412 g/mol. The van der Waals surface area contributed by atoms with Crippen LogP contribution in [0.15, 0.2) is 59.9 Å². The number of aromatic nitrogens is 4. The Morgan fingerprint density at radius 1 is 1.13 bits per heavy atom. The summed E-state index contributed by atoms with van der Waals surface area (Å²) >= 11 is 0. The molecule has 8 nitrogen and oxygen atoms in total. The van der Waals surface area contributed by atoms with Crippen molar-refractivity contribution in [3.05, 3.63) is 71.0 Å². The van der Waals surface area contributed by atoms with Crippen LogP contribution in [-0.4, -0.2) is 32.1 Å². The molecule has 0 aliphatic carbocycles. The number of fused-ring (bicyclic) bond motifs is 2. The highest BCUT2D eigenvalue weighted by Crippen LogP contribution is 2.25. The standard InChI is InChI=1S/C23H24N8/c1-3-17(27-21-19-20(26-13-25-19)29-23(24)30-21)22-28-18-11-7-8-14(2)16(18)12-31(22)15-9-5-4-6-10-15/h4-13,17,22H,3H2,1-2H3,(H4,24,25,26,27,29,30). The summed E-state index contributed by atoms with van der Waals surface area (Å²) in [4.78, 5) is 23.3. The average molecular weight is 413 g/mol. The molecule has 2 unspecified atom stereocenters. The molecule has 156 valence electrons. The first-order valence-electron chi connectivity index (χ1n) is 10.4. The summed E-state index contributed by atoms with van der Waals surface area (Å²) in [5, 5.41) is 5.69. The van der Waals surface area contributed by atoms with Gasteiger partial charge in [-0.25, -0.2) is 4.98 Å². The Bertz CT molecular complexity index is 1350. The van der Waals surface area contributed by atoms with Crippen molar-refractivity contribution in [3.8, 4) is 0 Å². The highest BCUT2D eigenvalue weighted by Gasteiger charge is 2.28. The molecule has 1 aliphatic heterocycles. The SMILES string of the molecule is CCC(Nc1nc(N)nc2nc[nH]c12)C1N=c2cccc(C)c2=CN1c1ccccc1. The molecule has 5 rings (SSSR count). The second-order valence-electron chi connectivity index (χ2n) is 7.61. The number of H-pyrrole nitrogens is 1. The Balaban J connectivity index is 1.61. The third kappa shape index (κ3) is 3.46. The third-order valence-electron chi connectivity index (χ3n) is 5.60. The number of nitrogens with one attached hydrogen (secondary N) is 2. The molecule has 8 heteroatoms. The molecule has 4 N–H and O–H groups in total. The Kier molecular flexibility index (Phi) is 4.74. The fourth-order valence-electron chi connectivity index (χ4n) is 3.99. The van der Waals surface area contributed by atoms with E-state index < -0.39 is 0 Å². The lowest BCUT2D eigenvalue weighted by Crippen LogP contribution is -2.50. The van der Waals surface area contributed by atoms with E-state index in [4.69, 9.17) is 10.7 Å². The summed E-state index contributed by atoms with van der Waals surface area (Å²) in [5.74, 6) is 0.815. The zero-order valence-electron chi connectivity index (χ0n) is 17.4. The lowest BCUT2D eigenvalue weighted by Gasteiger charge is -2.36. The summed E-state index contributed by atoms with van der Waals surface area (Å²) in [6.45, 7) is 4.25. The number of anilines is 3. The third-order valence-corrected chi connectivity index (χ3v) is 5.60. The normalized spacial score (nSPS) is 16.3. The van der Waals surface area contributed by atoms with E-state index in [9.17, 15) is 0 Å². The summed E-state index contributed by atoms with van der Waals surface area (Å²) in [6, 6.07) is 16.5. The van der Waals surface area contributed by atoms with Crippen LogP contribution >= 0.6 is 0 Å². The van der Waals surface area contributed by atoms with Crippen molar-refractivity contribution in [2.75, 3.05) is 16.0 Å². The van der Waals surface area contributed by atoms with Crippen LogP contribution in [0.2, 0.25) is 0 Å². The predicted octanol–water partition coefficient (Wildman–Crippen LogP) is 2.34. The van der Waals surface area contributed by atoms with Gasteiger partial charge in [0.1, 0.15) is 11.7 Å². The Labute approximate surface area is 179 Å². The van der Waals surface area contributed by atoms with E-state index in [1.165, 1.54) is 5.56 Å². The van der Waals surface area contributed by atoms with E-state index in [-0.39, 0.29) is 18.2 Å². The topological polar surface area (TPSA) is 108 Å². The van der Waals surface area contributed by atoms with Crippen molar-refractivity contribution in [3.63, 3.8) is 0 Å². The molecular formula is C23H24N8. The number of nitrogens with zero attached hydrogens (tertiary/aromatic N) is 5. The second-order valence-corrected chi connectivity index (χ2v) is 7.61. The van der Waals surface area contributed by atoms with Gasteiger partial charge in [0.25, 0.3) is 0 Å². The van der Waals surface area contributed by atoms with E-state index in [0.717, 1.165) is 28.2 Å². The zero-order valence-corrected chi connectivity index (χ0v) is 17.4. The highest BCUT2D eigenvalue weighted by atomic mass is 15.3. The number of nitrogens with two attached hydrogens (primary N) is 1. The van der Waals surface area contributed by atoms with Gasteiger partial charge in [-0.05, 0) is 37.1 Å². The van der Waals surface area contributed by atoms with Crippen molar-refractivity contribution >= 4 is 34.8 Å². The van der Waals surface area contributed by atoms with Gasteiger partial charge in [0.15, 0.2) is 11.5 Å². The number of aryl methyl sites for hydroxylation is 1. The molecule has 0 saturated heterocycles. The average Bonchev–Trinajstić information content (AvgIpc) is 3.26. The molecule has 0 amide bonds. The maximum absolute atomic E-state index is 5.92. The molecule has 0 spiro atoms. The van der Waals surface area contributed by atoms with Gasteiger partial charge in [-0.15, -0.1) is 0 Å². The fraction of sp³-hybridized carbons (Fsp3) is 0.217. The van der Waals surface area contributed by atoms with Crippen LogP contribution in [0.25, 0.3) is 17.4 Å². The Morgan fingerprint density at radius 3 is 2.77 bits per heavy atom. The van der Waals surface area contributed by atoms with Gasteiger partial charge in [-0.3, -0.25) is 4.99 Å². The van der Waals surface area contributed by atoms with Crippen molar-refractivity contribution in [1.29, 1.82) is 0 Å². The van der Waals surface area contributed by atoms with Crippen LogP contribution in [0.4, 0.5) is 17.5 Å². The van der Waals surface area contributed by atoms with Gasteiger partial charge in [0.2, 0.25) is 5.95 Å². The second kappa shape index (κ2) is 7.71. The highest BCUT2D eigenvalue weighted by molar-refractivity contribution is 5.83. The van der Waals surface area contributed by atoms with Crippen LogP contribution in [0, 0.1) is 6.92 Å². The number of benzene rings is 2. The summed E-state index contributed by atoms with van der Waals surface area (Å²) in [7, 11) is 0. The Morgan fingerprint density at radius 2 is 1.97 bits per heavy atom. The maximum atomic E-state index is 5.92. The molecule has 31 heavy (non-hydrogen) atoms. The first-order chi connectivity index (χ1) is 15.1. The van der Waals surface area contributed by atoms with Gasteiger partial charge in [-0.1, -0.05) is 37.3 Å². The first-order valence-corrected chi connectivity index (χ1v) is 10.4. The van der Waals surface area contributed by atoms with E-state index in [1.807, 2.05) is 24.3 Å². The van der Waals surface area contributed by atoms with Crippen molar-refractivity contribution < 1.29 is 0 Å². The van der Waals surface area contributed by atoms with Crippen molar-refractivity contribution in [2.24, 2.45) is 4.99 Å². The molecule has 2 aromatic heterocycles. The van der Waals surface area contributed by atoms with Crippen LogP contribution in [0.1, 0.15) is 18.9 Å². The number of aromatic amines is 1. The number of hydrogen-bond acceptors (Lipinski definition) is 7. The number of rotatable bonds is 5. The van der Waals surface area contributed by atoms with Gasteiger partial charge >= 0.3 is 0 Å². The number of hydrogen-bond donors (Lipinski definition) is 3. The van der Waals surface area contributed by atoms with Gasteiger partial charge in [0.05, 0.1) is 17.7 Å². The quantitative estimate of drug-likeness (QED) is 0.464. The smallest absolute Gasteiger partial charge is 0.224 e. The minimum atomic E-state index is -0.170. The van der Waals surface area contributed by atoms with Crippen molar-refractivity contribution in [2.45, 2.75) is 32.5 Å². The molecule has 2 atom stereocenters. The van der Waals surface area contributed by atoms with Crippen LogP contribution in [0.3, 0.4) is 0 Å². The van der Waals surface area contributed by atoms with E-state index >= 15 is 0 Å². The van der Waals surface area contributed by atoms with E-state index in [2.05, 4.69) is 74.5 Å². The number of nitrogen functional groups attached to an aromatic ring is 1. The van der Waals surface area contributed by atoms with Crippen LogP contribution < -0.4 is 26.5 Å². The minimum Gasteiger partial charge on any atom is -0.368 e.